The van der Waals surface area contributed by atoms with Crippen molar-refractivity contribution in [2.75, 3.05) is 19.9 Å². The summed E-state index contributed by atoms with van der Waals surface area (Å²) in [7, 11) is 0. The Hall–Kier alpha value is -2.77. The van der Waals surface area contributed by atoms with E-state index >= 15 is 0 Å². The van der Waals surface area contributed by atoms with Gasteiger partial charge in [-0.3, -0.25) is 0 Å². The Morgan fingerprint density at radius 2 is 1.97 bits per heavy atom. The molecular formula is C24H23N3O3S. The van der Waals surface area contributed by atoms with Crippen LogP contribution in [0.5, 0.6) is 11.5 Å². The van der Waals surface area contributed by atoms with Gasteiger partial charge < -0.3 is 19.1 Å². The Morgan fingerprint density at radius 3 is 2.77 bits per heavy atom. The van der Waals surface area contributed by atoms with E-state index in [0.29, 0.717) is 0 Å². The maximum atomic E-state index is 5.93. The Morgan fingerprint density at radius 1 is 1.13 bits per heavy atom. The predicted octanol–water partition coefficient (Wildman–Crippen LogP) is 5.05. The van der Waals surface area contributed by atoms with Crippen LogP contribution >= 0.6 is 11.8 Å². The monoisotopic (exact) mass is 433 g/mol. The molecule has 0 spiro atoms. The third-order valence-electron chi connectivity index (χ3n) is 5.87. The first kappa shape index (κ1) is 19.0. The van der Waals surface area contributed by atoms with Gasteiger partial charge in [0.1, 0.15) is 5.03 Å². The third kappa shape index (κ3) is 3.72. The van der Waals surface area contributed by atoms with Gasteiger partial charge in [0, 0.05) is 36.7 Å². The predicted molar refractivity (Wildman–Crippen MR) is 121 cm³/mol. The fourth-order valence-electron chi connectivity index (χ4n) is 4.22. The van der Waals surface area contributed by atoms with Crippen molar-refractivity contribution in [1.29, 1.82) is 0 Å². The summed E-state index contributed by atoms with van der Waals surface area (Å²) in [6.45, 7) is 4.82. The summed E-state index contributed by atoms with van der Waals surface area (Å²) in [6.07, 6.45) is 2.49. The van der Waals surface area contributed by atoms with Crippen molar-refractivity contribution in [3.05, 3.63) is 53.6 Å². The number of aromatic nitrogens is 1. The normalized spacial score (nSPS) is 21.1. The van der Waals surface area contributed by atoms with Crippen LogP contribution in [0.3, 0.4) is 0 Å². The Labute approximate surface area is 185 Å². The molecule has 0 radical (unpaired) electrons. The summed E-state index contributed by atoms with van der Waals surface area (Å²) in [4.78, 5) is 12.3. The first-order chi connectivity index (χ1) is 15.2. The van der Waals surface area contributed by atoms with E-state index in [1.807, 2.05) is 12.1 Å². The first-order valence-corrected chi connectivity index (χ1v) is 11.5. The fourth-order valence-corrected chi connectivity index (χ4v) is 5.21. The highest BCUT2D eigenvalue weighted by Gasteiger charge is 2.28. The summed E-state index contributed by atoms with van der Waals surface area (Å²) in [5.41, 5.74) is 4.31. The molecular weight excluding hydrogens is 410 g/mol. The van der Waals surface area contributed by atoms with Gasteiger partial charge >= 0.3 is 0 Å². The molecule has 7 heteroatoms. The van der Waals surface area contributed by atoms with Crippen LogP contribution in [0.25, 0.3) is 10.9 Å². The zero-order valence-corrected chi connectivity index (χ0v) is 18.2. The van der Waals surface area contributed by atoms with Crippen LogP contribution in [0, 0.1) is 6.92 Å². The van der Waals surface area contributed by atoms with Crippen LogP contribution < -0.4 is 9.47 Å². The molecule has 6 nitrogen and oxygen atoms in total. The molecule has 1 fully saturated rings. The number of pyridine rings is 1. The number of amidine groups is 1. The van der Waals surface area contributed by atoms with Gasteiger partial charge in [-0.1, -0.05) is 17.7 Å². The van der Waals surface area contributed by atoms with Crippen LogP contribution in [0.15, 0.2) is 52.5 Å². The molecule has 0 N–H and O–H groups in total. The molecule has 0 bridgehead atoms. The smallest absolute Gasteiger partial charge is 0.231 e. The summed E-state index contributed by atoms with van der Waals surface area (Å²) in [5.74, 6) is 1.55. The van der Waals surface area contributed by atoms with Gasteiger partial charge in [-0.05, 0) is 55.8 Å². The molecule has 0 amide bonds. The van der Waals surface area contributed by atoms with E-state index in [0.717, 1.165) is 70.8 Å². The maximum absolute atomic E-state index is 5.93. The number of rotatable bonds is 3. The molecule has 0 saturated carbocycles. The maximum Gasteiger partial charge on any atom is 0.231 e. The molecule has 1 atom stereocenters. The van der Waals surface area contributed by atoms with Gasteiger partial charge in [0.15, 0.2) is 16.7 Å². The van der Waals surface area contributed by atoms with Crippen molar-refractivity contribution in [1.82, 2.24) is 9.88 Å². The average molecular weight is 434 g/mol. The van der Waals surface area contributed by atoms with Gasteiger partial charge in [-0.2, -0.15) is 0 Å². The second-order valence-electron chi connectivity index (χ2n) is 8.20. The first-order valence-electron chi connectivity index (χ1n) is 10.6. The van der Waals surface area contributed by atoms with Crippen molar-refractivity contribution in [3.63, 3.8) is 0 Å². The van der Waals surface area contributed by atoms with Gasteiger partial charge in [-0.15, -0.1) is 0 Å². The Kier molecular flexibility index (Phi) is 4.73. The highest BCUT2D eigenvalue weighted by Crippen LogP contribution is 2.39. The van der Waals surface area contributed by atoms with E-state index < -0.39 is 0 Å². The van der Waals surface area contributed by atoms with Crippen LogP contribution in [0.1, 0.15) is 24.0 Å². The molecule has 4 heterocycles. The topological polar surface area (TPSA) is 56.2 Å². The molecule has 3 aliphatic rings. The minimum atomic E-state index is 0.257. The zero-order chi connectivity index (χ0) is 20.8. The second kappa shape index (κ2) is 7.73. The summed E-state index contributed by atoms with van der Waals surface area (Å²) in [5, 5.41) is 3.04. The fraction of sp³-hybridized carbons (Fsp3) is 0.333. The van der Waals surface area contributed by atoms with Gasteiger partial charge in [-0.25, -0.2) is 9.98 Å². The van der Waals surface area contributed by atoms with Gasteiger partial charge in [0.25, 0.3) is 0 Å². The highest BCUT2D eigenvalue weighted by atomic mass is 32.2. The lowest BCUT2D eigenvalue weighted by Crippen LogP contribution is -2.37. The summed E-state index contributed by atoms with van der Waals surface area (Å²) < 4.78 is 17.0. The van der Waals surface area contributed by atoms with E-state index in [1.165, 1.54) is 11.1 Å². The molecule has 1 aromatic heterocycles. The third-order valence-corrected chi connectivity index (χ3v) is 6.95. The van der Waals surface area contributed by atoms with Crippen molar-refractivity contribution >= 4 is 33.5 Å². The molecule has 2 aromatic carbocycles. The van der Waals surface area contributed by atoms with Crippen LogP contribution in [-0.4, -0.2) is 41.1 Å². The Bertz CT molecular complexity index is 1170. The molecule has 0 unspecified atom stereocenters. The van der Waals surface area contributed by atoms with E-state index in [4.69, 9.17) is 24.2 Å². The van der Waals surface area contributed by atoms with Crippen molar-refractivity contribution in [3.8, 4) is 11.5 Å². The van der Waals surface area contributed by atoms with Crippen LogP contribution in [-0.2, 0) is 11.3 Å². The lowest BCUT2D eigenvalue weighted by Gasteiger charge is -2.32. The molecule has 1 saturated heterocycles. The number of aryl methyl sites for hydroxylation is 1. The van der Waals surface area contributed by atoms with Gasteiger partial charge in [0.2, 0.25) is 6.79 Å². The van der Waals surface area contributed by atoms with E-state index in [-0.39, 0.29) is 12.9 Å². The number of thioether (sulfide) groups is 1. The lowest BCUT2D eigenvalue weighted by molar-refractivity contribution is 0.0903. The standard InChI is InChI=1S/C24H23N3O3S/c1-15-4-6-18(7-5-15)25-24-27(13-19-3-2-8-28-19)12-17-9-16-10-21-22(30-14-29-21)11-20(16)26-23(17)31-24/h4-7,9-11,19H,2-3,8,12-14H2,1H3/t19-/m0/s1. The quantitative estimate of drug-likeness (QED) is 0.576. The number of ether oxygens (including phenoxy) is 3. The van der Waals surface area contributed by atoms with Crippen molar-refractivity contribution in [2.45, 2.75) is 37.4 Å². The molecule has 158 valence electrons. The number of fused-ring (bicyclic) bond motifs is 3. The Balaban J connectivity index is 1.39. The van der Waals surface area contributed by atoms with Crippen molar-refractivity contribution in [2.24, 2.45) is 4.99 Å². The SMILES string of the molecule is Cc1ccc(N=C2Sc3nc4cc5c(cc4cc3CN2C[C@@H]2CCCO2)OCO5)cc1. The van der Waals surface area contributed by atoms with E-state index in [9.17, 15) is 0 Å². The highest BCUT2D eigenvalue weighted by molar-refractivity contribution is 8.13. The number of hydrogen-bond acceptors (Lipinski definition) is 6. The minimum absolute atomic E-state index is 0.257. The average Bonchev–Trinajstić information content (AvgIpc) is 3.44. The number of benzene rings is 2. The lowest BCUT2D eigenvalue weighted by atomic mass is 10.1. The summed E-state index contributed by atoms with van der Waals surface area (Å²) in [6, 6.07) is 14.5. The number of aliphatic imine (C=N–C) groups is 1. The largest absolute Gasteiger partial charge is 0.454 e. The van der Waals surface area contributed by atoms with Crippen LogP contribution in [0.2, 0.25) is 0 Å². The molecule has 3 aromatic rings. The molecule has 6 rings (SSSR count). The van der Waals surface area contributed by atoms with E-state index in [1.54, 1.807) is 11.8 Å². The van der Waals surface area contributed by atoms with Crippen molar-refractivity contribution < 1.29 is 14.2 Å². The second-order valence-corrected chi connectivity index (χ2v) is 9.15. The minimum Gasteiger partial charge on any atom is -0.454 e. The summed E-state index contributed by atoms with van der Waals surface area (Å²) >= 11 is 1.63. The van der Waals surface area contributed by atoms with Crippen LogP contribution in [0.4, 0.5) is 5.69 Å². The number of hydrogen-bond donors (Lipinski definition) is 0. The zero-order valence-electron chi connectivity index (χ0n) is 17.3. The van der Waals surface area contributed by atoms with E-state index in [2.05, 4.69) is 42.2 Å². The molecule has 3 aliphatic heterocycles. The molecule has 31 heavy (non-hydrogen) atoms. The molecule has 0 aliphatic carbocycles. The van der Waals surface area contributed by atoms with Gasteiger partial charge in [0.05, 0.1) is 17.3 Å². The number of nitrogens with zero attached hydrogens (tertiary/aromatic N) is 3.